The molecule has 0 radical (unpaired) electrons. The van der Waals surface area contributed by atoms with Crippen LogP contribution in [0, 0.1) is 5.92 Å². The molecule has 1 N–H and O–H groups in total. The standard InChI is InChI=1S/C12H24N2OS2/c1-12(2,17-16)10-7-14(8-10)11(15)9-13-5-3-4-6-13/h10-11,15-16H,3-9H2,1-2H3. The molecule has 1 atom stereocenters. The Balaban J connectivity index is 1.71. The van der Waals surface area contributed by atoms with Crippen molar-refractivity contribution >= 4 is 22.5 Å². The van der Waals surface area contributed by atoms with Crippen LogP contribution in [0.3, 0.4) is 0 Å². The van der Waals surface area contributed by atoms with Gasteiger partial charge in [-0.1, -0.05) is 10.8 Å². The van der Waals surface area contributed by atoms with Gasteiger partial charge in [0.2, 0.25) is 0 Å². The first-order valence-electron chi connectivity index (χ1n) is 6.50. The normalized spacial score (nSPS) is 26.1. The second kappa shape index (κ2) is 5.70. The highest BCUT2D eigenvalue weighted by Crippen LogP contribution is 2.40. The summed E-state index contributed by atoms with van der Waals surface area (Å²) in [7, 11) is 1.63. The number of thiol groups is 1. The maximum atomic E-state index is 10.1. The number of hydrogen-bond donors (Lipinski definition) is 2. The molecule has 0 aliphatic carbocycles. The average Bonchev–Trinajstić information content (AvgIpc) is 2.67. The number of aliphatic hydroxyl groups excluding tert-OH is 1. The summed E-state index contributed by atoms with van der Waals surface area (Å²) in [6.07, 6.45) is 2.31. The van der Waals surface area contributed by atoms with E-state index in [4.69, 9.17) is 0 Å². The van der Waals surface area contributed by atoms with Crippen LogP contribution in [0.5, 0.6) is 0 Å². The van der Waals surface area contributed by atoms with Gasteiger partial charge >= 0.3 is 0 Å². The van der Waals surface area contributed by atoms with Gasteiger partial charge in [-0.25, -0.2) is 0 Å². The fraction of sp³-hybridized carbons (Fsp3) is 1.00. The summed E-state index contributed by atoms with van der Waals surface area (Å²) in [5, 5.41) is 10.1. The molecular formula is C12H24N2OS2. The SMILES string of the molecule is CC(C)(SS)C1CN(C(O)CN2CCCC2)C1. The summed E-state index contributed by atoms with van der Waals surface area (Å²) in [4.78, 5) is 4.56. The quantitative estimate of drug-likeness (QED) is 0.590. The fourth-order valence-corrected chi connectivity index (χ4v) is 3.33. The van der Waals surface area contributed by atoms with Crippen LogP contribution < -0.4 is 0 Å². The highest BCUT2D eigenvalue weighted by atomic mass is 33.1. The van der Waals surface area contributed by atoms with Gasteiger partial charge in [-0.2, -0.15) is 0 Å². The average molecular weight is 276 g/mol. The van der Waals surface area contributed by atoms with Crippen LogP contribution in [-0.4, -0.2) is 58.6 Å². The smallest absolute Gasteiger partial charge is 0.120 e. The van der Waals surface area contributed by atoms with Crippen molar-refractivity contribution in [3.05, 3.63) is 0 Å². The second-order valence-corrected chi connectivity index (χ2v) is 7.62. The zero-order valence-electron chi connectivity index (χ0n) is 10.8. The Morgan fingerprint density at radius 2 is 1.94 bits per heavy atom. The first-order valence-corrected chi connectivity index (χ1v) is 8.37. The third-order valence-electron chi connectivity index (χ3n) is 4.17. The highest BCUT2D eigenvalue weighted by Gasteiger charge is 2.41. The molecule has 0 spiro atoms. The van der Waals surface area contributed by atoms with Gasteiger partial charge < -0.3 is 5.11 Å². The van der Waals surface area contributed by atoms with Crippen LogP contribution in [0.2, 0.25) is 0 Å². The van der Waals surface area contributed by atoms with E-state index in [1.807, 2.05) is 0 Å². The molecule has 5 heteroatoms. The molecule has 0 aromatic rings. The van der Waals surface area contributed by atoms with Crippen molar-refractivity contribution in [2.75, 3.05) is 32.7 Å². The number of aliphatic hydroxyl groups is 1. The van der Waals surface area contributed by atoms with E-state index in [0.29, 0.717) is 5.92 Å². The molecule has 2 heterocycles. The van der Waals surface area contributed by atoms with Gasteiger partial charge in [0.1, 0.15) is 6.23 Å². The fourth-order valence-electron chi connectivity index (χ4n) is 2.58. The van der Waals surface area contributed by atoms with E-state index in [-0.39, 0.29) is 11.0 Å². The van der Waals surface area contributed by atoms with E-state index in [1.54, 1.807) is 10.8 Å². The maximum Gasteiger partial charge on any atom is 0.120 e. The van der Waals surface area contributed by atoms with Crippen LogP contribution >= 0.6 is 22.5 Å². The minimum atomic E-state index is -0.273. The number of β-amino-alcohol motifs (C(OH)–C–C–N with tert-alkyl or cyclic N) is 1. The number of nitrogens with zero attached hydrogens (tertiary/aromatic N) is 2. The summed E-state index contributed by atoms with van der Waals surface area (Å²) in [6, 6.07) is 0. The largest absolute Gasteiger partial charge is 0.377 e. The lowest BCUT2D eigenvalue weighted by Gasteiger charge is -2.49. The maximum absolute atomic E-state index is 10.1. The van der Waals surface area contributed by atoms with Crippen LogP contribution in [0.1, 0.15) is 26.7 Å². The predicted molar refractivity (Wildman–Crippen MR) is 77.4 cm³/mol. The number of rotatable bonds is 5. The van der Waals surface area contributed by atoms with Gasteiger partial charge in [-0.05, 0) is 45.7 Å². The van der Waals surface area contributed by atoms with Crippen molar-refractivity contribution in [1.82, 2.24) is 9.80 Å². The van der Waals surface area contributed by atoms with Crippen molar-refractivity contribution in [3.63, 3.8) is 0 Å². The minimum absolute atomic E-state index is 0.215. The van der Waals surface area contributed by atoms with Gasteiger partial charge in [-0.3, -0.25) is 9.80 Å². The lowest BCUT2D eigenvalue weighted by atomic mass is 9.87. The van der Waals surface area contributed by atoms with Crippen molar-refractivity contribution in [2.24, 2.45) is 5.92 Å². The Labute approximate surface area is 114 Å². The van der Waals surface area contributed by atoms with E-state index < -0.39 is 0 Å². The van der Waals surface area contributed by atoms with Gasteiger partial charge in [-0.15, -0.1) is 11.7 Å². The van der Waals surface area contributed by atoms with Crippen molar-refractivity contribution in [3.8, 4) is 0 Å². The van der Waals surface area contributed by atoms with E-state index in [0.717, 1.165) is 32.7 Å². The molecule has 0 amide bonds. The summed E-state index contributed by atoms with van der Waals surface area (Å²) in [5.74, 6) is 0.651. The predicted octanol–water partition coefficient (Wildman–Crippen LogP) is 1.69. The van der Waals surface area contributed by atoms with Crippen molar-refractivity contribution in [2.45, 2.75) is 37.7 Å². The van der Waals surface area contributed by atoms with Crippen LogP contribution in [0.4, 0.5) is 0 Å². The van der Waals surface area contributed by atoms with Crippen molar-refractivity contribution < 1.29 is 5.11 Å². The molecule has 2 fully saturated rings. The molecule has 17 heavy (non-hydrogen) atoms. The Morgan fingerprint density at radius 3 is 2.47 bits per heavy atom. The highest BCUT2D eigenvalue weighted by molar-refractivity contribution is 8.69. The first-order chi connectivity index (χ1) is 8.03. The molecule has 3 nitrogen and oxygen atoms in total. The minimum Gasteiger partial charge on any atom is -0.377 e. The lowest BCUT2D eigenvalue weighted by molar-refractivity contribution is -0.0824. The Kier molecular flexibility index (Phi) is 4.69. The van der Waals surface area contributed by atoms with Gasteiger partial charge in [0.15, 0.2) is 0 Å². The van der Waals surface area contributed by atoms with E-state index in [1.165, 1.54) is 12.8 Å². The third kappa shape index (κ3) is 3.32. The molecule has 2 aliphatic heterocycles. The van der Waals surface area contributed by atoms with Gasteiger partial charge in [0.25, 0.3) is 0 Å². The summed E-state index contributed by atoms with van der Waals surface area (Å²) in [6.45, 7) is 9.63. The van der Waals surface area contributed by atoms with Gasteiger partial charge in [0, 0.05) is 24.4 Å². The molecule has 0 aromatic heterocycles. The molecular weight excluding hydrogens is 252 g/mol. The van der Waals surface area contributed by atoms with Crippen LogP contribution in [0.25, 0.3) is 0 Å². The monoisotopic (exact) mass is 276 g/mol. The third-order valence-corrected chi connectivity index (χ3v) is 6.39. The summed E-state index contributed by atoms with van der Waals surface area (Å²) in [5.41, 5.74) is 0. The Morgan fingerprint density at radius 1 is 1.35 bits per heavy atom. The molecule has 2 saturated heterocycles. The van der Waals surface area contributed by atoms with Crippen molar-refractivity contribution in [1.29, 1.82) is 0 Å². The van der Waals surface area contributed by atoms with E-state index in [9.17, 15) is 5.11 Å². The zero-order chi connectivity index (χ0) is 12.5. The molecule has 100 valence electrons. The molecule has 2 rings (SSSR count). The van der Waals surface area contributed by atoms with E-state index in [2.05, 4.69) is 35.3 Å². The van der Waals surface area contributed by atoms with Gasteiger partial charge in [0.05, 0.1) is 0 Å². The van der Waals surface area contributed by atoms with Crippen LogP contribution in [0.15, 0.2) is 0 Å². The molecule has 0 saturated carbocycles. The topological polar surface area (TPSA) is 26.7 Å². The molecule has 2 aliphatic rings. The number of hydrogen-bond acceptors (Lipinski definition) is 5. The molecule has 0 bridgehead atoms. The lowest BCUT2D eigenvalue weighted by Crippen LogP contribution is -2.59. The molecule has 0 aromatic carbocycles. The second-order valence-electron chi connectivity index (χ2n) is 5.83. The van der Waals surface area contributed by atoms with E-state index >= 15 is 0 Å². The summed E-state index contributed by atoms with van der Waals surface area (Å²) < 4.78 is 0.215. The number of likely N-dealkylation sites (tertiary alicyclic amines) is 2. The Bertz CT molecular complexity index is 251. The van der Waals surface area contributed by atoms with Crippen LogP contribution in [-0.2, 0) is 0 Å². The molecule has 1 unspecified atom stereocenters. The Hall–Kier alpha value is 0.580. The zero-order valence-corrected chi connectivity index (χ0v) is 12.5. The first kappa shape index (κ1) is 14.0. The summed E-state index contributed by atoms with van der Waals surface area (Å²) >= 11 is 4.33.